The highest BCUT2D eigenvalue weighted by Gasteiger charge is 2.47. The molecule has 2 unspecified atom stereocenters. The van der Waals surface area contributed by atoms with Crippen LogP contribution >= 0.6 is 11.6 Å². The second-order valence-electron chi connectivity index (χ2n) is 6.76. The van der Waals surface area contributed by atoms with Gasteiger partial charge in [-0.15, -0.1) is 0 Å². The molecule has 22 heavy (non-hydrogen) atoms. The molecule has 0 aliphatic heterocycles. The Bertz CT molecular complexity index is 758. The van der Waals surface area contributed by atoms with E-state index in [2.05, 4.69) is 49.9 Å². The fourth-order valence-corrected chi connectivity index (χ4v) is 4.73. The summed E-state index contributed by atoms with van der Waals surface area (Å²) in [5, 5.41) is 0.830. The molecule has 0 nitrogen and oxygen atoms in total. The lowest BCUT2D eigenvalue weighted by molar-refractivity contribution is 0.338. The van der Waals surface area contributed by atoms with Crippen LogP contribution in [0.2, 0.25) is 5.02 Å². The molecule has 0 amide bonds. The molecule has 0 bridgehead atoms. The second-order valence-corrected chi connectivity index (χ2v) is 7.20. The molecule has 2 atom stereocenters. The van der Waals surface area contributed by atoms with Gasteiger partial charge in [-0.1, -0.05) is 67.4 Å². The van der Waals surface area contributed by atoms with Crippen LogP contribution in [0.3, 0.4) is 0 Å². The summed E-state index contributed by atoms with van der Waals surface area (Å²) in [6.07, 6.45) is 4.82. The molecule has 0 aromatic heterocycles. The van der Waals surface area contributed by atoms with Gasteiger partial charge in [0.25, 0.3) is 0 Å². The zero-order chi connectivity index (χ0) is 15.3. The summed E-state index contributed by atoms with van der Waals surface area (Å²) in [6.45, 7) is 6.83. The number of benzene rings is 2. The number of rotatable bonds is 1. The Morgan fingerprint density at radius 3 is 2.68 bits per heavy atom. The van der Waals surface area contributed by atoms with Crippen molar-refractivity contribution < 1.29 is 0 Å². The van der Waals surface area contributed by atoms with Crippen LogP contribution in [0.5, 0.6) is 0 Å². The van der Waals surface area contributed by atoms with Crippen LogP contribution in [0.1, 0.15) is 43.7 Å². The molecule has 0 saturated heterocycles. The van der Waals surface area contributed by atoms with Crippen LogP contribution in [-0.2, 0) is 5.41 Å². The first kappa shape index (κ1) is 14.1. The molecule has 112 valence electrons. The van der Waals surface area contributed by atoms with Crippen LogP contribution < -0.4 is 0 Å². The van der Waals surface area contributed by atoms with E-state index < -0.39 is 0 Å². The molecule has 2 aliphatic carbocycles. The first-order valence-electron chi connectivity index (χ1n) is 8.25. The number of allylic oxidation sites excluding steroid dienone is 1. The van der Waals surface area contributed by atoms with Gasteiger partial charge in [-0.05, 0) is 59.6 Å². The maximum absolute atomic E-state index is 6.34. The SMILES string of the molecule is C=C1CC(CC)CCC12c1ccccc1-c1ccc(Cl)cc12. The van der Waals surface area contributed by atoms with E-state index in [1.807, 2.05) is 6.07 Å². The van der Waals surface area contributed by atoms with Gasteiger partial charge in [0.05, 0.1) is 0 Å². The molecular formula is C21H21Cl. The fourth-order valence-electron chi connectivity index (χ4n) is 4.56. The van der Waals surface area contributed by atoms with E-state index in [4.69, 9.17) is 11.6 Å². The lowest BCUT2D eigenvalue weighted by Crippen LogP contribution is -2.33. The molecule has 2 aromatic carbocycles. The zero-order valence-electron chi connectivity index (χ0n) is 13.0. The van der Waals surface area contributed by atoms with Gasteiger partial charge in [-0.3, -0.25) is 0 Å². The Balaban J connectivity index is 1.96. The second kappa shape index (κ2) is 4.99. The molecule has 1 fully saturated rings. The lowest BCUT2D eigenvalue weighted by atomic mass is 9.62. The molecule has 1 heteroatoms. The van der Waals surface area contributed by atoms with Crippen LogP contribution in [0.25, 0.3) is 11.1 Å². The Morgan fingerprint density at radius 1 is 1.14 bits per heavy atom. The standard InChI is InChI=1S/C21H21Cl/c1-3-15-10-11-21(14(2)12-15)19-7-5-4-6-17(19)18-9-8-16(22)13-20(18)21/h4-9,13,15H,2-3,10-12H2,1H3. The summed E-state index contributed by atoms with van der Waals surface area (Å²) >= 11 is 6.34. The highest BCUT2D eigenvalue weighted by atomic mass is 35.5. The van der Waals surface area contributed by atoms with Crippen molar-refractivity contribution in [3.63, 3.8) is 0 Å². The third kappa shape index (κ3) is 1.77. The van der Waals surface area contributed by atoms with Gasteiger partial charge < -0.3 is 0 Å². The van der Waals surface area contributed by atoms with Crippen molar-refractivity contribution in [3.8, 4) is 11.1 Å². The number of halogens is 1. The van der Waals surface area contributed by atoms with Gasteiger partial charge in [0, 0.05) is 10.4 Å². The summed E-state index contributed by atoms with van der Waals surface area (Å²) in [5.41, 5.74) is 6.88. The molecular weight excluding hydrogens is 288 g/mol. The van der Waals surface area contributed by atoms with Crippen molar-refractivity contribution in [1.82, 2.24) is 0 Å². The largest absolute Gasteiger partial charge is 0.0986 e. The van der Waals surface area contributed by atoms with Crippen molar-refractivity contribution in [2.45, 2.75) is 38.0 Å². The van der Waals surface area contributed by atoms with Crippen LogP contribution in [0.4, 0.5) is 0 Å². The maximum Gasteiger partial charge on any atom is 0.0421 e. The molecule has 2 aliphatic rings. The normalized spacial score (nSPS) is 26.1. The Labute approximate surface area is 137 Å². The molecule has 4 rings (SSSR count). The van der Waals surface area contributed by atoms with E-state index >= 15 is 0 Å². The minimum atomic E-state index is -0.0114. The van der Waals surface area contributed by atoms with Gasteiger partial charge in [0.2, 0.25) is 0 Å². The number of fused-ring (bicyclic) bond motifs is 5. The Kier molecular flexibility index (Phi) is 3.20. The van der Waals surface area contributed by atoms with Gasteiger partial charge >= 0.3 is 0 Å². The first-order chi connectivity index (χ1) is 10.7. The monoisotopic (exact) mass is 308 g/mol. The molecule has 1 saturated carbocycles. The predicted octanol–water partition coefficient (Wildman–Crippen LogP) is 6.37. The topological polar surface area (TPSA) is 0 Å². The molecule has 0 radical (unpaired) electrons. The summed E-state index contributed by atoms with van der Waals surface area (Å²) in [5.74, 6) is 0.786. The van der Waals surface area contributed by atoms with Crippen molar-refractivity contribution >= 4 is 11.6 Å². The quantitative estimate of drug-likeness (QED) is 0.537. The Morgan fingerprint density at radius 2 is 1.91 bits per heavy atom. The van der Waals surface area contributed by atoms with Crippen LogP contribution in [0, 0.1) is 5.92 Å². The summed E-state index contributed by atoms with van der Waals surface area (Å²) in [6, 6.07) is 15.2. The molecule has 0 heterocycles. The molecule has 0 N–H and O–H groups in total. The smallest absolute Gasteiger partial charge is 0.0421 e. The first-order valence-corrected chi connectivity index (χ1v) is 8.62. The van der Waals surface area contributed by atoms with E-state index in [0.29, 0.717) is 0 Å². The molecule has 2 aromatic rings. The van der Waals surface area contributed by atoms with E-state index in [1.165, 1.54) is 40.7 Å². The van der Waals surface area contributed by atoms with E-state index in [1.54, 1.807) is 0 Å². The van der Waals surface area contributed by atoms with E-state index in [9.17, 15) is 0 Å². The highest BCUT2D eigenvalue weighted by molar-refractivity contribution is 6.30. The van der Waals surface area contributed by atoms with Crippen molar-refractivity contribution in [2.75, 3.05) is 0 Å². The van der Waals surface area contributed by atoms with E-state index in [-0.39, 0.29) is 5.41 Å². The van der Waals surface area contributed by atoms with Crippen LogP contribution in [0.15, 0.2) is 54.6 Å². The van der Waals surface area contributed by atoms with Gasteiger partial charge in [-0.2, -0.15) is 0 Å². The van der Waals surface area contributed by atoms with E-state index in [0.717, 1.165) is 23.8 Å². The van der Waals surface area contributed by atoms with Gasteiger partial charge in [0.1, 0.15) is 0 Å². The average Bonchev–Trinajstić information content (AvgIpc) is 2.81. The van der Waals surface area contributed by atoms with Crippen molar-refractivity contribution in [2.24, 2.45) is 5.92 Å². The summed E-state index contributed by atoms with van der Waals surface area (Å²) in [7, 11) is 0. The highest BCUT2D eigenvalue weighted by Crippen LogP contribution is 2.58. The third-order valence-electron chi connectivity index (χ3n) is 5.76. The van der Waals surface area contributed by atoms with Gasteiger partial charge in [0.15, 0.2) is 0 Å². The third-order valence-corrected chi connectivity index (χ3v) is 6.00. The number of hydrogen-bond acceptors (Lipinski definition) is 0. The van der Waals surface area contributed by atoms with Gasteiger partial charge in [-0.25, -0.2) is 0 Å². The fraction of sp³-hybridized carbons (Fsp3) is 0.333. The predicted molar refractivity (Wildman–Crippen MR) is 94.4 cm³/mol. The van der Waals surface area contributed by atoms with Crippen molar-refractivity contribution in [1.29, 1.82) is 0 Å². The lowest BCUT2D eigenvalue weighted by Gasteiger charge is -2.41. The summed E-state index contributed by atoms with van der Waals surface area (Å²) < 4.78 is 0. The van der Waals surface area contributed by atoms with Crippen molar-refractivity contribution in [3.05, 3.63) is 70.8 Å². The maximum atomic E-state index is 6.34. The minimum Gasteiger partial charge on any atom is -0.0986 e. The minimum absolute atomic E-state index is 0.0114. The number of hydrogen-bond donors (Lipinski definition) is 0. The average molecular weight is 309 g/mol. The summed E-state index contributed by atoms with van der Waals surface area (Å²) in [4.78, 5) is 0. The van der Waals surface area contributed by atoms with Crippen LogP contribution in [-0.4, -0.2) is 0 Å². The molecule has 1 spiro atoms. The zero-order valence-corrected chi connectivity index (χ0v) is 13.8. The Hall–Kier alpha value is -1.53.